The normalized spacial score (nSPS) is 23.3. The van der Waals surface area contributed by atoms with Gasteiger partial charge in [-0.15, -0.1) is 0 Å². The van der Waals surface area contributed by atoms with Crippen LogP contribution in [0.2, 0.25) is 10.0 Å². The van der Waals surface area contributed by atoms with Crippen molar-refractivity contribution in [3.63, 3.8) is 0 Å². The maximum absolute atomic E-state index is 11.3. The maximum atomic E-state index is 11.3. The minimum Gasteiger partial charge on any atom is -0.370 e. The summed E-state index contributed by atoms with van der Waals surface area (Å²) in [6.07, 6.45) is 1.30. The summed E-state index contributed by atoms with van der Waals surface area (Å²) in [4.78, 5) is 15.6. The van der Waals surface area contributed by atoms with Crippen LogP contribution in [0, 0.1) is 0 Å². The van der Waals surface area contributed by atoms with E-state index in [1.165, 1.54) is 0 Å². The minimum absolute atomic E-state index is 0.0607. The Morgan fingerprint density at radius 1 is 1.55 bits per heavy atom. The zero-order chi connectivity index (χ0) is 16.3. The lowest BCUT2D eigenvalue weighted by Crippen LogP contribution is -2.43. The van der Waals surface area contributed by atoms with Gasteiger partial charge in [0.05, 0.1) is 18.1 Å². The molecule has 0 saturated carbocycles. The third kappa shape index (κ3) is 4.27. The van der Waals surface area contributed by atoms with Crippen molar-refractivity contribution < 1.29 is 4.79 Å². The number of aliphatic imine (C=N–C) groups is 1. The molecule has 1 saturated heterocycles. The van der Waals surface area contributed by atoms with Gasteiger partial charge < -0.3 is 16.4 Å². The molecule has 0 aromatic heterocycles. The third-order valence-electron chi connectivity index (χ3n) is 3.74. The van der Waals surface area contributed by atoms with E-state index < -0.39 is 0 Å². The van der Waals surface area contributed by atoms with Crippen molar-refractivity contribution in [3.8, 4) is 0 Å². The molecule has 2 unspecified atom stereocenters. The molecule has 22 heavy (non-hydrogen) atoms. The highest BCUT2D eigenvalue weighted by Gasteiger charge is 2.32. The summed E-state index contributed by atoms with van der Waals surface area (Å²) < 4.78 is 0. The smallest absolute Gasteiger partial charge is 0.220 e. The first-order chi connectivity index (χ1) is 10.3. The number of hydrogen-bond donors (Lipinski definition) is 3. The molecule has 1 aromatic carbocycles. The molecule has 1 aliphatic heterocycles. The van der Waals surface area contributed by atoms with Crippen LogP contribution >= 0.6 is 23.2 Å². The summed E-state index contributed by atoms with van der Waals surface area (Å²) in [6, 6.07) is 5.23. The summed E-state index contributed by atoms with van der Waals surface area (Å²) in [5.41, 5.74) is 6.50. The van der Waals surface area contributed by atoms with Crippen LogP contribution in [-0.2, 0) is 4.79 Å². The van der Waals surface area contributed by atoms with Crippen molar-refractivity contribution in [2.45, 2.75) is 38.3 Å². The summed E-state index contributed by atoms with van der Waals surface area (Å²) in [6.45, 7) is 4.35. The molecular formula is C15H20Cl2N4O. The Hall–Kier alpha value is -1.46. The first-order valence-corrected chi connectivity index (χ1v) is 7.87. The molecule has 1 amide bonds. The SMILES string of the molecule is CC(NC(N)=NCC1(C)CCC(=O)N1)c1ccc(Cl)cc1Cl. The van der Waals surface area contributed by atoms with Gasteiger partial charge in [-0.3, -0.25) is 9.79 Å². The van der Waals surface area contributed by atoms with Crippen molar-refractivity contribution in [1.82, 2.24) is 10.6 Å². The van der Waals surface area contributed by atoms with Crippen molar-refractivity contribution in [2.24, 2.45) is 10.7 Å². The molecule has 5 nitrogen and oxygen atoms in total. The molecule has 2 atom stereocenters. The first-order valence-electron chi connectivity index (χ1n) is 7.11. The first kappa shape index (κ1) is 16.9. The fraction of sp³-hybridized carbons (Fsp3) is 0.467. The highest BCUT2D eigenvalue weighted by atomic mass is 35.5. The lowest BCUT2D eigenvalue weighted by molar-refractivity contribution is -0.119. The van der Waals surface area contributed by atoms with Crippen LogP contribution in [0.15, 0.2) is 23.2 Å². The Morgan fingerprint density at radius 2 is 2.27 bits per heavy atom. The minimum atomic E-state index is -0.315. The molecule has 120 valence electrons. The summed E-state index contributed by atoms with van der Waals surface area (Å²) in [7, 11) is 0. The van der Waals surface area contributed by atoms with E-state index in [-0.39, 0.29) is 17.5 Å². The van der Waals surface area contributed by atoms with E-state index in [0.29, 0.717) is 29.0 Å². The predicted octanol–water partition coefficient (Wildman–Crippen LogP) is 2.63. The number of carbonyl (C=O) groups is 1. The highest BCUT2D eigenvalue weighted by molar-refractivity contribution is 6.35. The molecule has 1 aromatic rings. The van der Waals surface area contributed by atoms with Crippen LogP contribution in [0.4, 0.5) is 0 Å². The van der Waals surface area contributed by atoms with E-state index in [9.17, 15) is 4.79 Å². The van der Waals surface area contributed by atoms with Crippen molar-refractivity contribution in [1.29, 1.82) is 0 Å². The van der Waals surface area contributed by atoms with E-state index >= 15 is 0 Å². The lowest BCUT2D eigenvalue weighted by atomic mass is 10.0. The van der Waals surface area contributed by atoms with Gasteiger partial charge in [-0.25, -0.2) is 0 Å². The Bertz CT molecular complexity index is 605. The van der Waals surface area contributed by atoms with Crippen molar-refractivity contribution in [2.75, 3.05) is 6.54 Å². The molecule has 7 heteroatoms. The molecule has 0 radical (unpaired) electrons. The number of hydrogen-bond acceptors (Lipinski definition) is 2. The number of rotatable bonds is 4. The van der Waals surface area contributed by atoms with E-state index in [0.717, 1.165) is 12.0 Å². The fourth-order valence-corrected chi connectivity index (χ4v) is 3.00. The van der Waals surface area contributed by atoms with Gasteiger partial charge >= 0.3 is 0 Å². The van der Waals surface area contributed by atoms with Gasteiger partial charge in [0.15, 0.2) is 5.96 Å². The standard InChI is InChI=1S/C15H20Cl2N4O/c1-9(11-4-3-10(16)7-12(11)17)20-14(18)19-8-15(2)6-5-13(22)21-15/h3-4,7,9H,5-6,8H2,1-2H3,(H,21,22)(H3,18,19,20). The van der Waals surface area contributed by atoms with Gasteiger partial charge in [-0.05, 0) is 38.0 Å². The number of carbonyl (C=O) groups excluding carboxylic acids is 1. The number of nitrogens with zero attached hydrogens (tertiary/aromatic N) is 1. The number of halogens is 2. The topological polar surface area (TPSA) is 79.5 Å². The molecule has 0 aliphatic carbocycles. The molecule has 4 N–H and O–H groups in total. The second-order valence-electron chi connectivity index (χ2n) is 5.84. The summed E-state index contributed by atoms with van der Waals surface area (Å²) >= 11 is 12.1. The number of nitrogens with two attached hydrogens (primary N) is 1. The zero-order valence-corrected chi connectivity index (χ0v) is 14.1. The second kappa shape index (κ2) is 6.75. The third-order valence-corrected chi connectivity index (χ3v) is 4.30. The monoisotopic (exact) mass is 342 g/mol. The maximum Gasteiger partial charge on any atom is 0.220 e. The number of nitrogens with one attached hydrogen (secondary N) is 2. The van der Waals surface area contributed by atoms with Gasteiger partial charge in [-0.1, -0.05) is 29.3 Å². The van der Waals surface area contributed by atoms with Gasteiger partial charge in [0.25, 0.3) is 0 Å². The molecule has 1 heterocycles. The van der Waals surface area contributed by atoms with E-state index in [4.69, 9.17) is 28.9 Å². The highest BCUT2D eigenvalue weighted by Crippen LogP contribution is 2.26. The molecule has 0 bridgehead atoms. The predicted molar refractivity (Wildman–Crippen MR) is 90.3 cm³/mol. The number of guanidine groups is 1. The van der Waals surface area contributed by atoms with E-state index in [1.54, 1.807) is 12.1 Å². The van der Waals surface area contributed by atoms with Crippen LogP contribution in [-0.4, -0.2) is 24.0 Å². The Morgan fingerprint density at radius 3 is 2.86 bits per heavy atom. The van der Waals surface area contributed by atoms with Crippen LogP contribution in [0.1, 0.15) is 38.3 Å². The Balaban J connectivity index is 1.97. The summed E-state index contributed by atoms with van der Waals surface area (Å²) in [5, 5.41) is 7.19. The lowest BCUT2D eigenvalue weighted by Gasteiger charge is -2.22. The van der Waals surface area contributed by atoms with Gasteiger partial charge in [0.1, 0.15) is 0 Å². The number of benzene rings is 1. The Kier molecular flexibility index (Phi) is 5.19. The van der Waals surface area contributed by atoms with Crippen molar-refractivity contribution >= 4 is 35.1 Å². The quantitative estimate of drug-likeness (QED) is 0.581. The summed E-state index contributed by atoms with van der Waals surface area (Å²) in [5.74, 6) is 0.381. The van der Waals surface area contributed by atoms with Gasteiger partial charge in [-0.2, -0.15) is 0 Å². The van der Waals surface area contributed by atoms with Gasteiger partial charge in [0, 0.05) is 16.5 Å². The largest absolute Gasteiger partial charge is 0.370 e. The second-order valence-corrected chi connectivity index (χ2v) is 6.69. The molecule has 2 rings (SSSR count). The van der Waals surface area contributed by atoms with Crippen LogP contribution in [0.25, 0.3) is 0 Å². The number of amides is 1. The van der Waals surface area contributed by atoms with Crippen LogP contribution in [0.3, 0.4) is 0 Å². The van der Waals surface area contributed by atoms with Crippen LogP contribution in [0.5, 0.6) is 0 Å². The van der Waals surface area contributed by atoms with E-state index in [2.05, 4.69) is 15.6 Å². The molecule has 1 aliphatic rings. The van der Waals surface area contributed by atoms with Gasteiger partial charge in [0.2, 0.25) is 5.91 Å². The fourth-order valence-electron chi connectivity index (χ4n) is 2.43. The van der Waals surface area contributed by atoms with E-state index in [1.807, 2.05) is 19.9 Å². The average molecular weight is 343 g/mol. The van der Waals surface area contributed by atoms with Crippen molar-refractivity contribution in [3.05, 3.63) is 33.8 Å². The molecule has 0 spiro atoms. The Labute approximate surface area is 140 Å². The molecular weight excluding hydrogens is 323 g/mol. The zero-order valence-electron chi connectivity index (χ0n) is 12.6. The average Bonchev–Trinajstić information content (AvgIpc) is 2.76. The molecule has 1 fully saturated rings. The van der Waals surface area contributed by atoms with Crippen LogP contribution < -0.4 is 16.4 Å².